The van der Waals surface area contributed by atoms with E-state index in [2.05, 4.69) is 10.3 Å². The third-order valence-electron chi connectivity index (χ3n) is 2.53. The third kappa shape index (κ3) is 3.49. The molecular weight excluding hydrogens is 229 g/mol. The van der Waals surface area contributed by atoms with E-state index in [0.29, 0.717) is 6.54 Å². The molecule has 0 spiro atoms. The molecule has 2 N–H and O–H groups in total. The number of aromatic nitrogens is 1. The first-order chi connectivity index (χ1) is 8.04. The van der Waals surface area contributed by atoms with Gasteiger partial charge < -0.3 is 10.3 Å². The second-order valence-electron chi connectivity index (χ2n) is 3.94. The Kier molecular flexibility index (Phi) is 3.38. The van der Waals surface area contributed by atoms with E-state index >= 15 is 0 Å². The molecule has 1 aromatic heterocycles. The summed E-state index contributed by atoms with van der Waals surface area (Å²) >= 11 is 0. The molecule has 0 saturated heterocycles. The Morgan fingerprint density at radius 3 is 2.76 bits per heavy atom. The minimum atomic E-state index is -4.09. The monoisotopic (exact) mass is 242 g/mol. The fraction of sp³-hybridized carbons (Fsp3) is 0.333. The summed E-state index contributed by atoms with van der Waals surface area (Å²) in [6.07, 6.45) is -3.04. The third-order valence-corrected chi connectivity index (χ3v) is 2.53. The highest BCUT2D eigenvalue weighted by Gasteiger charge is 2.25. The molecule has 1 aromatic carbocycles. The molecule has 17 heavy (non-hydrogen) atoms. The molecule has 0 radical (unpaired) electrons. The first-order valence-corrected chi connectivity index (χ1v) is 5.38. The van der Waals surface area contributed by atoms with Gasteiger partial charge in [-0.3, -0.25) is 0 Å². The van der Waals surface area contributed by atoms with E-state index in [1.54, 1.807) is 0 Å². The summed E-state index contributed by atoms with van der Waals surface area (Å²) in [6, 6.07) is 7.73. The van der Waals surface area contributed by atoms with Crippen molar-refractivity contribution in [1.29, 1.82) is 0 Å². The largest absolute Gasteiger partial charge is 0.390 e. The molecule has 1 heterocycles. The quantitative estimate of drug-likeness (QED) is 0.792. The Morgan fingerprint density at radius 2 is 2.00 bits per heavy atom. The van der Waals surface area contributed by atoms with Crippen LogP contribution in [0.1, 0.15) is 12.0 Å². The molecule has 2 nitrogen and oxygen atoms in total. The number of H-pyrrole nitrogens is 1. The lowest BCUT2D eigenvalue weighted by atomic mass is 10.1. The Hall–Kier alpha value is -1.49. The first-order valence-electron chi connectivity index (χ1n) is 5.38. The highest BCUT2D eigenvalue weighted by molar-refractivity contribution is 5.79. The van der Waals surface area contributed by atoms with Crippen molar-refractivity contribution < 1.29 is 13.2 Å². The maximum Gasteiger partial charge on any atom is 0.390 e. The van der Waals surface area contributed by atoms with Gasteiger partial charge in [-0.2, -0.15) is 13.2 Å². The van der Waals surface area contributed by atoms with Crippen molar-refractivity contribution in [2.45, 2.75) is 19.1 Å². The lowest BCUT2D eigenvalue weighted by Crippen LogP contribution is -2.21. The van der Waals surface area contributed by atoms with Crippen molar-refractivity contribution in [1.82, 2.24) is 10.3 Å². The van der Waals surface area contributed by atoms with Crippen LogP contribution >= 0.6 is 0 Å². The number of fused-ring (bicyclic) bond motifs is 1. The molecule has 0 fully saturated rings. The van der Waals surface area contributed by atoms with Gasteiger partial charge in [-0.15, -0.1) is 0 Å². The molecule has 92 valence electrons. The number of nitrogens with one attached hydrogen (secondary N) is 2. The van der Waals surface area contributed by atoms with Crippen molar-refractivity contribution in [3.05, 3.63) is 36.0 Å². The Morgan fingerprint density at radius 1 is 1.18 bits per heavy atom. The molecule has 0 bridgehead atoms. The van der Waals surface area contributed by atoms with Gasteiger partial charge >= 0.3 is 6.18 Å². The van der Waals surface area contributed by atoms with Crippen LogP contribution in [0, 0.1) is 0 Å². The average Bonchev–Trinajstić information content (AvgIpc) is 2.70. The van der Waals surface area contributed by atoms with Gasteiger partial charge in [0, 0.05) is 24.8 Å². The molecular formula is C12H13F3N2. The SMILES string of the molecule is FC(F)(F)CCNCc1ccc2[nH]ccc2c1. The van der Waals surface area contributed by atoms with E-state index in [-0.39, 0.29) is 6.54 Å². The zero-order chi connectivity index (χ0) is 12.3. The summed E-state index contributed by atoms with van der Waals surface area (Å²) in [7, 11) is 0. The van der Waals surface area contributed by atoms with E-state index < -0.39 is 12.6 Å². The van der Waals surface area contributed by atoms with Gasteiger partial charge in [0.1, 0.15) is 0 Å². The lowest BCUT2D eigenvalue weighted by molar-refractivity contribution is -0.133. The van der Waals surface area contributed by atoms with E-state index in [0.717, 1.165) is 16.5 Å². The second-order valence-corrected chi connectivity index (χ2v) is 3.94. The van der Waals surface area contributed by atoms with Crippen LogP contribution in [-0.4, -0.2) is 17.7 Å². The number of aromatic amines is 1. The molecule has 2 rings (SSSR count). The first kappa shape index (κ1) is 12.0. The average molecular weight is 242 g/mol. The highest BCUT2D eigenvalue weighted by Crippen LogP contribution is 2.18. The number of rotatable bonds is 4. The van der Waals surface area contributed by atoms with Crippen LogP contribution in [0.4, 0.5) is 13.2 Å². The van der Waals surface area contributed by atoms with Gasteiger partial charge in [0.05, 0.1) is 6.42 Å². The van der Waals surface area contributed by atoms with Gasteiger partial charge in [-0.05, 0) is 29.1 Å². The molecule has 0 unspecified atom stereocenters. The smallest absolute Gasteiger partial charge is 0.361 e. The Bertz CT molecular complexity index is 488. The Labute approximate surface area is 96.8 Å². The van der Waals surface area contributed by atoms with Crippen LogP contribution in [0.5, 0.6) is 0 Å². The van der Waals surface area contributed by atoms with Crippen molar-refractivity contribution in [2.24, 2.45) is 0 Å². The van der Waals surface area contributed by atoms with E-state index in [1.807, 2.05) is 30.5 Å². The van der Waals surface area contributed by atoms with E-state index in [4.69, 9.17) is 0 Å². The molecule has 2 aromatic rings. The summed E-state index contributed by atoms with van der Waals surface area (Å²) < 4.78 is 35.7. The summed E-state index contributed by atoms with van der Waals surface area (Å²) in [5.41, 5.74) is 2.02. The minimum absolute atomic E-state index is 0.0470. The van der Waals surface area contributed by atoms with Gasteiger partial charge in [0.15, 0.2) is 0 Å². The highest BCUT2D eigenvalue weighted by atomic mass is 19.4. The maximum absolute atomic E-state index is 11.9. The van der Waals surface area contributed by atoms with Crippen LogP contribution in [0.3, 0.4) is 0 Å². The maximum atomic E-state index is 11.9. The predicted octanol–water partition coefficient (Wildman–Crippen LogP) is 3.21. The molecule has 0 saturated carbocycles. The molecule has 5 heteroatoms. The number of hydrogen-bond acceptors (Lipinski definition) is 1. The van der Waals surface area contributed by atoms with Crippen LogP contribution in [-0.2, 0) is 6.54 Å². The van der Waals surface area contributed by atoms with Gasteiger partial charge in [0.25, 0.3) is 0 Å². The van der Waals surface area contributed by atoms with Crippen molar-refractivity contribution in [3.63, 3.8) is 0 Å². The van der Waals surface area contributed by atoms with Crippen molar-refractivity contribution in [2.75, 3.05) is 6.54 Å². The standard InChI is InChI=1S/C12H13F3N2/c13-12(14,15)4-6-16-8-9-1-2-11-10(7-9)3-5-17-11/h1-3,5,7,16-17H,4,6,8H2. The Balaban J connectivity index is 1.86. The summed E-state index contributed by atoms with van der Waals surface area (Å²) in [5, 5.41) is 3.85. The molecule has 0 aliphatic rings. The fourth-order valence-corrected chi connectivity index (χ4v) is 1.68. The topological polar surface area (TPSA) is 27.8 Å². The number of hydrogen-bond donors (Lipinski definition) is 2. The number of benzene rings is 1. The van der Waals surface area contributed by atoms with Crippen molar-refractivity contribution in [3.8, 4) is 0 Å². The minimum Gasteiger partial charge on any atom is -0.361 e. The van der Waals surface area contributed by atoms with Crippen LogP contribution in [0.2, 0.25) is 0 Å². The second kappa shape index (κ2) is 4.79. The lowest BCUT2D eigenvalue weighted by Gasteiger charge is -2.07. The van der Waals surface area contributed by atoms with Gasteiger partial charge in [0.2, 0.25) is 0 Å². The molecule has 0 aliphatic carbocycles. The zero-order valence-corrected chi connectivity index (χ0v) is 9.14. The normalized spacial score (nSPS) is 12.2. The number of alkyl halides is 3. The predicted molar refractivity (Wildman–Crippen MR) is 60.7 cm³/mol. The summed E-state index contributed by atoms with van der Waals surface area (Å²) in [5.74, 6) is 0. The summed E-state index contributed by atoms with van der Waals surface area (Å²) in [6.45, 7) is 0.409. The van der Waals surface area contributed by atoms with Gasteiger partial charge in [-0.25, -0.2) is 0 Å². The van der Waals surface area contributed by atoms with Crippen LogP contribution in [0.15, 0.2) is 30.5 Å². The molecule has 0 aliphatic heterocycles. The van der Waals surface area contributed by atoms with Gasteiger partial charge in [-0.1, -0.05) is 6.07 Å². The zero-order valence-electron chi connectivity index (χ0n) is 9.14. The number of halogens is 3. The molecule has 0 atom stereocenters. The van der Waals surface area contributed by atoms with E-state index in [9.17, 15) is 13.2 Å². The molecule has 0 amide bonds. The van der Waals surface area contributed by atoms with Crippen LogP contribution < -0.4 is 5.32 Å². The summed E-state index contributed by atoms with van der Waals surface area (Å²) in [4.78, 5) is 3.06. The van der Waals surface area contributed by atoms with Crippen LogP contribution in [0.25, 0.3) is 10.9 Å². The van der Waals surface area contributed by atoms with Crippen molar-refractivity contribution >= 4 is 10.9 Å². The fourth-order valence-electron chi connectivity index (χ4n) is 1.68. The van der Waals surface area contributed by atoms with E-state index in [1.165, 1.54) is 0 Å².